The van der Waals surface area contributed by atoms with Crippen LogP contribution in [-0.4, -0.2) is 41.9 Å². The Hall–Kier alpha value is -2.14. The van der Waals surface area contributed by atoms with Crippen LogP contribution >= 0.6 is 0 Å². The Bertz CT molecular complexity index is 519. The maximum absolute atomic E-state index is 10.4. The van der Waals surface area contributed by atoms with Gasteiger partial charge < -0.3 is 15.2 Å². The van der Waals surface area contributed by atoms with Crippen LogP contribution in [0.1, 0.15) is 23.7 Å². The van der Waals surface area contributed by atoms with Gasteiger partial charge in [0.1, 0.15) is 5.82 Å². The lowest BCUT2D eigenvalue weighted by atomic mass is 9.94. The number of benzene rings is 1. The standard InChI is InChI=1S/C15H20N4O/c1-19(2)10-7-14(15-16-8-9-17-15)12-3-5-13(6-4-12)18-11-20/h3-6,8-9,11,14H,7,10H2,1-2H3,(H,16,17)(H,18,20). The van der Waals surface area contributed by atoms with Crippen molar-refractivity contribution >= 4 is 12.1 Å². The predicted molar refractivity (Wildman–Crippen MR) is 79.7 cm³/mol. The number of amides is 1. The Morgan fingerprint density at radius 3 is 2.65 bits per heavy atom. The molecule has 1 atom stereocenters. The van der Waals surface area contributed by atoms with Crippen LogP contribution in [0.5, 0.6) is 0 Å². The maximum Gasteiger partial charge on any atom is 0.211 e. The Labute approximate surface area is 119 Å². The van der Waals surface area contributed by atoms with Gasteiger partial charge in [-0.25, -0.2) is 4.98 Å². The lowest BCUT2D eigenvalue weighted by Crippen LogP contribution is -2.17. The smallest absolute Gasteiger partial charge is 0.211 e. The van der Waals surface area contributed by atoms with Gasteiger partial charge in [0.15, 0.2) is 0 Å². The number of aromatic nitrogens is 2. The third kappa shape index (κ3) is 3.68. The fraction of sp³-hybridized carbons (Fsp3) is 0.333. The second-order valence-electron chi connectivity index (χ2n) is 5.00. The third-order valence-corrected chi connectivity index (χ3v) is 3.25. The highest BCUT2D eigenvalue weighted by molar-refractivity contribution is 5.71. The molecule has 2 N–H and O–H groups in total. The van der Waals surface area contributed by atoms with E-state index in [0.29, 0.717) is 6.41 Å². The Morgan fingerprint density at radius 1 is 1.35 bits per heavy atom. The molecule has 1 unspecified atom stereocenters. The fourth-order valence-corrected chi connectivity index (χ4v) is 2.20. The van der Waals surface area contributed by atoms with Gasteiger partial charge in [0, 0.05) is 24.0 Å². The molecule has 1 aromatic heterocycles. The van der Waals surface area contributed by atoms with Gasteiger partial charge in [0.2, 0.25) is 6.41 Å². The minimum absolute atomic E-state index is 0.234. The van der Waals surface area contributed by atoms with E-state index in [1.165, 1.54) is 5.56 Å². The molecule has 0 saturated heterocycles. The number of carbonyl (C=O) groups is 1. The van der Waals surface area contributed by atoms with Crippen LogP contribution in [0, 0.1) is 0 Å². The SMILES string of the molecule is CN(C)CCC(c1ccc(NC=O)cc1)c1ncc[nH]1. The first-order chi connectivity index (χ1) is 9.70. The normalized spacial score (nSPS) is 12.3. The summed E-state index contributed by atoms with van der Waals surface area (Å²) in [6.07, 6.45) is 5.30. The summed E-state index contributed by atoms with van der Waals surface area (Å²) in [5.74, 6) is 1.21. The number of nitrogens with zero attached hydrogens (tertiary/aromatic N) is 2. The van der Waals surface area contributed by atoms with Crippen molar-refractivity contribution in [1.29, 1.82) is 0 Å². The van der Waals surface area contributed by atoms with Gasteiger partial charge in [-0.1, -0.05) is 12.1 Å². The number of nitrogens with one attached hydrogen (secondary N) is 2. The van der Waals surface area contributed by atoms with Gasteiger partial charge in [-0.2, -0.15) is 0 Å². The lowest BCUT2D eigenvalue weighted by Gasteiger charge is -2.18. The summed E-state index contributed by atoms with van der Waals surface area (Å²) in [6.45, 7) is 0.986. The predicted octanol–water partition coefficient (Wildman–Crippen LogP) is 2.06. The number of hydrogen-bond acceptors (Lipinski definition) is 3. The summed E-state index contributed by atoms with van der Waals surface area (Å²) in [5, 5.41) is 2.65. The van der Waals surface area contributed by atoms with Crippen molar-refractivity contribution in [3.63, 3.8) is 0 Å². The Kier molecular flexibility index (Phi) is 4.90. The molecule has 0 aliphatic heterocycles. The second-order valence-corrected chi connectivity index (χ2v) is 5.00. The van der Waals surface area contributed by atoms with Crippen molar-refractivity contribution in [1.82, 2.24) is 14.9 Å². The Balaban J connectivity index is 2.19. The molecule has 5 nitrogen and oxygen atoms in total. The first kappa shape index (κ1) is 14.3. The van der Waals surface area contributed by atoms with Crippen LogP contribution < -0.4 is 5.32 Å². The van der Waals surface area contributed by atoms with E-state index in [4.69, 9.17) is 0 Å². The Morgan fingerprint density at radius 2 is 2.10 bits per heavy atom. The van der Waals surface area contributed by atoms with E-state index in [9.17, 15) is 4.79 Å². The zero-order valence-electron chi connectivity index (χ0n) is 11.8. The van der Waals surface area contributed by atoms with Crippen molar-refractivity contribution in [2.75, 3.05) is 26.0 Å². The van der Waals surface area contributed by atoms with E-state index in [0.717, 1.165) is 24.5 Å². The number of rotatable bonds is 7. The zero-order chi connectivity index (χ0) is 14.4. The number of carbonyl (C=O) groups excluding carboxylic acids is 1. The average Bonchev–Trinajstić information content (AvgIpc) is 2.95. The van der Waals surface area contributed by atoms with Crippen LogP contribution in [0.4, 0.5) is 5.69 Å². The van der Waals surface area contributed by atoms with E-state index in [2.05, 4.69) is 34.3 Å². The van der Waals surface area contributed by atoms with Gasteiger partial charge in [0.25, 0.3) is 0 Å². The number of H-pyrrole nitrogens is 1. The molecule has 20 heavy (non-hydrogen) atoms. The number of imidazole rings is 1. The molecule has 0 saturated carbocycles. The molecule has 1 aromatic carbocycles. The largest absolute Gasteiger partial charge is 0.348 e. The van der Waals surface area contributed by atoms with Gasteiger partial charge in [0.05, 0.1) is 0 Å². The third-order valence-electron chi connectivity index (χ3n) is 3.25. The lowest BCUT2D eigenvalue weighted by molar-refractivity contribution is -0.105. The first-order valence-electron chi connectivity index (χ1n) is 6.65. The molecule has 1 heterocycles. The van der Waals surface area contributed by atoms with Crippen LogP contribution in [-0.2, 0) is 4.79 Å². The van der Waals surface area contributed by atoms with Gasteiger partial charge >= 0.3 is 0 Å². The summed E-state index contributed by atoms with van der Waals surface area (Å²) in [4.78, 5) is 20.2. The van der Waals surface area contributed by atoms with Crippen molar-refractivity contribution in [3.05, 3.63) is 48.0 Å². The maximum atomic E-state index is 10.4. The van der Waals surface area contributed by atoms with E-state index >= 15 is 0 Å². The first-order valence-corrected chi connectivity index (χ1v) is 6.65. The molecular weight excluding hydrogens is 252 g/mol. The second kappa shape index (κ2) is 6.86. The van der Waals surface area contributed by atoms with E-state index in [1.807, 2.05) is 30.5 Å². The fourth-order valence-electron chi connectivity index (χ4n) is 2.20. The van der Waals surface area contributed by atoms with Crippen molar-refractivity contribution in [3.8, 4) is 0 Å². The van der Waals surface area contributed by atoms with E-state index < -0.39 is 0 Å². The number of hydrogen-bond donors (Lipinski definition) is 2. The molecule has 0 bridgehead atoms. The highest BCUT2D eigenvalue weighted by atomic mass is 16.1. The molecule has 1 amide bonds. The molecule has 0 aliphatic rings. The molecule has 106 valence electrons. The van der Waals surface area contributed by atoms with Crippen LogP contribution in [0.2, 0.25) is 0 Å². The molecule has 2 rings (SSSR count). The summed E-state index contributed by atoms with van der Waals surface area (Å²) in [6, 6.07) is 7.90. The van der Waals surface area contributed by atoms with Crippen LogP contribution in [0.15, 0.2) is 36.7 Å². The minimum atomic E-state index is 0.234. The molecule has 0 spiro atoms. The van der Waals surface area contributed by atoms with Gasteiger partial charge in [-0.15, -0.1) is 0 Å². The van der Waals surface area contributed by atoms with Crippen molar-refractivity contribution < 1.29 is 4.79 Å². The highest BCUT2D eigenvalue weighted by Crippen LogP contribution is 2.26. The molecule has 5 heteroatoms. The highest BCUT2D eigenvalue weighted by Gasteiger charge is 2.16. The van der Waals surface area contributed by atoms with Crippen LogP contribution in [0.3, 0.4) is 0 Å². The van der Waals surface area contributed by atoms with E-state index in [-0.39, 0.29) is 5.92 Å². The van der Waals surface area contributed by atoms with Crippen LogP contribution in [0.25, 0.3) is 0 Å². The molecular formula is C15H20N4O. The molecule has 0 fully saturated rings. The average molecular weight is 272 g/mol. The summed E-state index contributed by atoms with van der Waals surface area (Å²) < 4.78 is 0. The monoisotopic (exact) mass is 272 g/mol. The van der Waals surface area contributed by atoms with Gasteiger partial charge in [-0.05, 0) is 44.8 Å². The topological polar surface area (TPSA) is 61.0 Å². The number of anilines is 1. The minimum Gasteiger partial charge on any atom is -0.348 e. The van der Waals surface area contributed by atoms with E-state index in [1.54, 1.807) is 6.20 Å². The summed E-state index contributed by atoms with van der Waals surface area (Å²) in [5.41, 5.74) is 1.99. The van der Waals surface area contributed by atoms with Crippen molar-refractivity contribution in [2.24, 2.45) is 0 Å². The quantitative estimate of drug-likeness (QED) is 0.758. The molecule has 0 radical (unpaired) electrons. The van der Waals surface area contributed by atoms with Gasteiger partial charge in [-0.3, -0.25) is 4.79 Å². The molecule has 0 aliphatic carbocycles. The number of aromatic amines is 1. The summed E-state index contributed by atoms with van der Waals surface area (Å²) in [7, 11) is 4.13. The van der Waals surface area contributed by atoms with Crippen molar-refractivity contribution in [2.45, 2.75) is 12.3 Å². The molecule has 2 aromatic rings. The summed E-state index contributed by atoms with van der Waals surface area (Å²) >= 11 is 0. The zero-order valence-corrected chi connectivity index (χ0v) is 11.8.